The van der Waals surface area contributed by atoms with Crippen molar-refractivity contribution in [2.24, 2.45) is 0 Å². The Bertz CT molecular complexity index is 678. The lowest BCUT2D eigenvalue weighted by molar-refractivity contribution is -0.188. The van der Waals surface area contributed by atoms with Gasteiger partial charge in [0.2, 0.25) is 0 Å². The van der Waals surface area contributed by atoms with Crippen molar-refractivity contribution >= 4 is 11.7 Å². The molecule has 1 unspecified atom stereocenters. The van der Waals surface area contributed by atoms with Gasteiger partial charge < -0.3 is 15.2 Å². The normalized spacial score (nSPS) is 21.6. The predicted molar refractivity (Wildman–Crippen MR) is 92.1 cm³/mol. The molecule has 1 aliphatic heterocycles. The first-order valence-corrected chi connectivity index (χ1v) is 8.16. The van der Waals surface area contributed by atoms with Crippen molar-refractivity contribution in [1.29, 1.82) is 0 Å². The second-order valence-electron chi connectivity index (χ2n) is 6.17. The molecule has 1 saturated heterocycles. The van der Waals surface area contributed by atoms with Crippen molar-refractivity contribution in [3.8, 4) is 0 Å². The molecule has 0 saturated carbocycles. The standard InChI is InChI=1S/C19H22N2O3/c22-18(23)11-12-19(16-7-3-1-4-8-16)15-20(13-14-21(19)24)17-9-5-2-6-10-17/h1-10,24H,11-15H2,(H,22,23). The minimum Gasteiger partial charge on any atom is -0.481 e. The number of hydroxylamine groups is 2. The number of carbonyl (C=O) groups is 1. The van der Waals surface area contributed by atoms with E-state index in [9.17, 15) is 10.0 Å². The molecule has 3 rings (SSSR count). The van der Waals surface area contributed by atoms with Crippen LogP contribution in [0.5, 0.6) is 0 Å². The SMILES string of the molecule is O=C(O)CCC1(c2ccccc2)CN(c2ccccc2)CCN1O. The third kappa shape index (κ3) is 3.27. The molecule has 5 nitrogen and oxygen atoms in total. The van der Waals surface area contributed by atoms with Crippen LogP contribution < -0.4 is 4.90 Å². The van der Waals surface area contributed by atoms with Crippen LogP contribution in [0.1, 0.15) is 18.4 Å². The summed E-state index contributed by atoms with van der Waals surface area (Å²) in [5.41, 5.74) is 1.30. The van der Waals surface area contributed by atoms with Crippen LogP contribution >= 0.6 is 0 Å². The van der Waals surface area contributed by atoms with Crippen molar-refractivity contribution < 1.29 is 15.1 Å². The number of anilines is 1. The van der Waals surface area contributed by atoms with Gasteiger partial charge in [-0.3, -0.25) is 4.79 Å². The second kappa shape index (κ2) is 7.03. The molecular weight excluding hydrogens is 304 g/mol. The molecule has 126 valence electrons. The maximum atomic E-state index is 11.2. The predicted octanol–water partition coefficient (Wildman–Crippen LogP) is 2.96. The number of nitrogens with zero attached hydrogens (tertiary/aromatic N) is 2. The Kier molecular flexibility index (Phi) is 4.83. The summed E-state index contributed by atoms with van der Waals surface area (Å²) in [7, 11) is 0. The number of hydrogen-bond donors (Lipinski definition) is 2. The maximum absolute atomic E-state index is 11.2. The van der Waals surface area contributed by atoms with Crippen LogP contribution in [0, 0.1) is 0 Å². The number of piperazine rings is 1. The van der Waals surface area contributed by atoms with E-state index in [1.54, 1.807) is 0 Å². The average molecular weight is 326 g/mol. The lowest BCUT2D eigenvalue weighted by Crippen LogP contribution is -2.59. The van der Waals surface area contributed by atoms with E-state index >= 15 is 0 Å². The fourth-order valence-corrected chi connectivity index (χ4v) is 3.42. The average Bonchev–Trinajstić information content (AvgIpc) is 2.62. The molecular formula is C19H22N2O3. The van der Waals surface area contributed by atoms with Crippen LogP contribution in [0.3, 0.4) is 0 Å². The highest BCUT2D eigenvalue weighted by atomic mass is 16.5. The van der Waals surface area contributed by atoms with Crippen molar-refractivity contribution in [2.45, 2.75) is 18.4 Å². The summed E-state index contributed by atoms with van der Waals surface area (Å²) in [6.45, 7) is 1.70. The quantitative estimate of drug-likeness (QED) is 0.884. The van der Waals surface area contributed by atoms with Crippen LogP contribution in [-0.2, 0) is 10.3 Å². The van der Waals surface area contributed by atoms with Crippen LogP contribution in [0.15, 0.2) is 60.7 Å². The van der Waals surface area contributed by atoms with Gasteiger partial charge >= 0.3 is 5.97 Å². The number of para-hydroxylation sites is 1. The number of benzene rings is 2. The van der Waals surface area contributed by atoms with Crippen LogP contribution in [-0.4, -0.2) is 41.0 Å². The van der Waals surface area contributed by atoms with E-state index < -0.39 is 11.5 Å². The van der Waals surface area contributed by atoms with Gasteiger partial charge in [-0.1, -0.05) is 48.5 Å². The van der Waals surface area contributed by atoms with Gasteiger partial charge in [-0.2, -0.15) is 5.06 Å². The van der Waals surface area contributed by atoms with Crippen LogP contribution in [0.2, 0.25) is 0 Å². The van der Waals surface area contributed by atoms with Gasteiger partial charge in [-0.15, -0.1) is 0 Å². The fourth-order valence-electron chi connectivity index (χ4n) is 3.42. The highest BCUT2D eigenvalue weighted by molar-refractivity contribution is 5.67. The van der Waals surface area contributed by atoms with Crippen LogP contribution in [0.25, 0.3) is 0 Å². The molecule has 1 heterocycles. The number of hydrogen-bond acceptors (Lipinski definition) is 4. The van der Waals surface area contributed by atoms with Crippen molar-refractivity contribution in [2.75, 3.05) is 24.5 Å². The van der Waals surface area contributed by atoms with Gasteiger partial charge in [0.1, 0.15) is 0 Å². The topological polar surface area (TPSA) is 64.0 Å². The monoisotopic (exact) mass is 326 g/mol. The smallest absolute Gasteiger partial charge is 0.303 e. The van der Waals surface area contributed by atoms with Gasteiger partial charge in [-0.25, -0.2) is 0 Å². The molecule has 2 aromatic rings. The first-order chi connectivity index (χ1) is 11.6. The molecule has 1 atom stereocenters. The molecule has 0 aromatic heterocycles. The number of aliphatic carboxylic acids is 1. The summed E-state index contributed by atoms with van der Waals surface area (Å²) in [5.74, 6) is -0.851. The van der Waals surface area contributed by atoms with Gasteiger partial charge in [0, 0.05) is 31.7 Å². The number of carboxylic acid groups (broad SMARTS) is 1. The molecule has 0 radical (unpaired) electrons. The molecule has 0 spiro atoms. The highest BCUT2D eigenvalue weighted by Gasteiger charge is 2.43. The first kappa shape index (κ1) is 16.5. The molecule has 1 fully saturated rings. The minimum atomic E-state index is -0.851. The van der Waals surface area contributed by atoms with E-state index in [-0.39, 0.29) is 6.42 Å². The molecule has 24 heavy (non-hydrogen) atoms. The first-order valence-electron chi connectivity index (χ1n) is 8.16. The molecule has 0 amide bonds. The Balaban J connectivity index is 1.96. The van der Waals surface area contributed by atoms with Crippen LogP contribution in [0.4, 0.5) is 5.69 Å². The largest absolute Gasteiger partial charge is 0.481 e. The molecule has 2 aromatic carbocycles. The Hall–Kier alpha value is -2.37. The Morgan fingerprint density at radius 2 is 1.62 bits per heavy atom. The van der Waals surface area contributed by atoms with E-state index in [4.69, 9.17) is 5.11 Å². The highest BCUT2D eigenvalue weighted by Crippen LogP contribution is 2.37. The van der Waals surface area contributed by atoms with E-state index in [2.05, 4.69) is 4.90 Å². The fraction of sp³-hybridized carbons (Fsp3) is 0.316. The van der Waals surface area contributed by atoms with Gasteiger partial charge in [0.05, 0.1) is 5.54 Å². The number of rotatable bonds is 5. The van der Waals surface area contributed by atoms with E-state index in [0.717, 1.165) is 11.3 Å². The molecule has 5 heteroatoms. The van der Waals surface area contributed by atoms with Crippen molar-refractivity contribution in [3.63, 3.8) is 0 Å². The zero-order valence-electron chi connectivity index (χ0n) is 13.5. The summed E-state index contributed by atoms with van der Waals surface area (Å²) < 4.78 is 0. The molecule has 0 bridgehead atoms. The lowest BCUT2D eigenvalue weighted by Gasteiger charge is -2.49. The zero-order chi connectivity index (χ0) is 17.0. The van der Waals surface area contributed by atoms with E-state index in [1.165, 1.54) is 5.06 Å². The van der Waals surface area contributed by atoms with E-state index in [1.807, 2.05) is 60.7 Å². The maximum Gasteiger partial charge on any atom is 0.303 e. The summed E-state index contributed by atoms with van der Waals surface area (Å²) in [6.07, 6.45) is 0.362. The number of carboxylic acids is 1. The Labute approximate surface area is 141 Å². The molecule has 2 N–H and O–H groups in total. The van der Waals surface area contributed by atoms with E-state index in [0.29, 0.717) is 26.1 Å². The Morgan fingerprint density at radius 3 is 2.25 bits per heavy atom. The zero-order valence-corrected chi connectivity index (χ0v) is 13.5. The summed E-state index contributed by atoms with van der Waals surface area (Å²) in [4.78, 5) is 13.4. The lowest BCUT2D eigenvalue weighted by atomic mass is 9.82. The summed E-state index contributed by atoms with van der Waals surface area (Å²) in [5, 5.41) is 21.1. The second-order valence-corrected chi connectivity index (χ2v) is 6.17. The third-order valence-corrected chi connectivity index (χ3v) is 4.71. The van der Waals surface area contributed by atoms with Gasteiger partial charge in [0.15, 0.2) is 0 Å². The van der Waals surface area contributed by atoms with Gasteiger partial charge in [0.25, 0.3) is 0 Å². The molecule has 1 aliphatic rings. The van der Waals surface area contributed by atoms with Crippen molar-refractivity contribution in [1.82, 2.24) is 5.06 Å². The summed E-state index contributed by atoms with van der Waals surface area (Å²) >= 11 is 0. The van der Waals surface area contributed by atoms with Crippen molar-refractivity contribution in [3.05, 3.63) is 66.2 Å². The molecule has 0 aliphatic carbocycles. The Morgan fingerprint density at radius 1 is 1.00 bits per heavy atom. The van der Waals surface area contributed by atoms with Gasteiger partial charge in [-0.05, 0) is 24.1 Å². The third-order valence-electron chi connectivity index (χ3n) is 4.71. The minimum absolute atomic E-state index is 0.00852. The summed E-state index contributed by atoms with van der Waals surface area (Å²) in [6, 6.07) is 19.7.